The summed E-state index contributed by atoms with van der Waals surface area (Å²) >= 11 is 0. The number of hydrogen-bond acceptors (Lipinski definition) is 3. The first kappa shape index (κ1) is 14.1. The van der Waals surface area contributed by atoms with Crippen molar-refractivity contribution in [3.63, 3.8) is 0 Å². The first-order valence-electron chi connectivity index (χ1n) is 6.27. The normalized spacial score (nSPS) is 17.9. The second-order valence-corrected chi connectivity index (χ2v) is 4.50. The molecule has 0 heterocycles. The van der Waals surface area contributed by atoms with Crippen LogP contribution in [-0.4, -0.2) is 22.3 Å². The molecule has 0 bridgehead atoms. The van der Waals surface area contributed by atoms with E-state index in [1.165, 1.54) is 6.08 Å². The summed E-state index contributed by atoms with van der Waals surface area (Å²) in [6.45, 7) is 4.03. The van der Waals surface area contributed by atoms with E-state index in [1.807, 2.05) is 24.3 Å². The van der Waals surface area contributed by atoms with E-state index in [-0.39, 0.29) is 12.0 Å². The van der Waals surface area contributed by atoms with E-state index < -0.39 is 12.1 Å². The lowest BCUT2D eigenvalue weighted by Crippen LogP contribution is -2.20. The highest BCUT2D eigenvalue weighted by molar-refractivity contribution is 5.88. The topological polar surface area (TPSA) is 66.8 Å². The molecule has 0 aliphatic heterocycles. The van der Waals surface area contributed by atoms with Gasteiger partial charge in [-0.3, -0.25) is 0 Å². The van der Waals surface area contributed by atoms with Gasteiger partial charge in [-0.05, 0) is 29.7 Å². The Balaban J connectivity index is 2.00. The van der Waals surface area contributed by atoms with Crippen LogP contribution in [0.25, 0.3) is 6.08 Å². The molecule has 104 valence electrons. The van der Waals surface area contributed by atoms with Gasteiger partial charge in [0.25, 0.3) is 0 Å². The van der Waals surface area contributed by atoms with Crippen LogP contribution in [0.15, 0.2) is 54.3 Å². The summed E-state index contributed by atoms with van der Waals surface area (Å²) in [5.74, 6) is -0.650. The molecule has 0 amide bonds. The van der Waals surface area contributed by atoms with Crippen molar-refractivity contribution in [1.29, 1.82) is 0 Å². The number of carbonyl (C=O) groups is 1. The van der Waals surface area contributed by atoms with Crippen molar-refractivity contribution in [3.05, 3.63) is 65.5 Å². The number of aliphatic hydroxyl groups excluding tert-OH is 1. The molecule has 0 aromatic heterocycles. The van der Waals surface area contributed by atoms with Crippen LogP contribution in [-0.2, 0) is 16.1 Å². The second kappa shape index (κ2) is 6.21. The van der Waals surface area contributed by atoms with Gasteiger partial charge in [-0.25, -0.2) is 4.79 Å². The second-order valence-electron chi connectivity index (χ2n) is 4.50. The van der Waals surface area contributed by atoms with Crippen LogP contribution in [0.3, 0.4) is 0 Å². The zero-order valence-electron chi connectivity index (χ0n) is 11.0. The van der Waals surface area contributed by atoms with Crippen molar-refractivity contribution in [3.8, 4) is 0 Å². The van der Waals surface area contributed by atoms with E-state index in [1.54, 1.807) is 12.2 Å². The lowest BCUT2D eigenvalue weighted by Gasteiger charge is -2.17. The molecule has 0 radical (unpaired) electrons. The van der Waals surface area contributed by atoms with Crippen molar-refractivity contribution in [2.75, 3.05) is 0 Å². The number of aliphatic carboxylic acids is 1. The molecular weight excluding hydrogens is 256 g/mol. The van der Waals surface area contributed by atoms with Crippen molar-refractivity contribution in [2.45, 2.75) is 19.1 Å². The molecule has 1 aromatic rings. The molecule has 1 aliphatic rings. The van der Waals surface area contributed by atoms with Gasteiger partial charge < -0.3 is 14.9 Å². The molecule has 20 heavy (non-hydrogen) atoms. The fourth-order valence-corrected chi connectivity index (χ4v) is 1.88. The lowest BCUT2D eigenvalue weighted by molar-refractivity contribution is -0.133. The molecule has 2 rings (SSSR count). The van der Waals surface area contributed by atoms with Crippen molar-refractivity contribution in [2.24, 2.45) is 0 Å². The third-order valence-corrected chi connectivity index (χ3v) is 3.07. The average molecular weight is 272 g/mol. The van der Waals surface area contributed by atoms with Crippen molar-refractivity contribution < 1.29 is 19.7 Å². The van der Waals surface area contributed by atoms with Crippen LogP contribution < -0.4 is 0 Å². The molecule has 0 fully saturated rings. The molecule has 4 heteroatoms. The molecule has 4 nitrogen and oxygen atoms in total. The van der Waals surface area contributed by atoms with Gasteiger partial charge in [0.1, 0.15) is 12.4 Å². The fourth-order valence-electron chi connectivity index (χ4n) is 1.88. The molecule has 1 unspecified atom stereocenters. The highest BCUT2D eigenvalue weighted by Gasteiger charge is 2.21. The van der Waals surface area contributed by atoms with Crippen LogP contribution in [0.2, 0.25) is 0 Å². The summed E-state index contributed by atoms with van der Waals surface area (Å²) in [5, 5.41) is 18.5. The van der Waals surface area contributed by atoms with Crippen LogP contribution in [0.1, 0.15) is 17.5 Å². The monoisotopic (exact) mass is 272 g/mol. The number of rotatable bonds is 5. The van der Waals surface area contributed by atoms with Gasteiger partial charge in [0, 0.05) is 0 Å². The van der Waals surface area contributed by atoms with E-state index in [9.17, 15) is 9.90 Å². The number of benzene rings is 1. The Bertz CT molecular complexity index is 567. The average Bonchev–Trinajstić information content (AvgIpc) is 2.46. The van der Waals surface area contributed by atoms with E-state index in [4.69, 9.17) is 9.84 Å². The summed E-state index contributed by atoms with van der Waals surface area (Å²) in [5.41, 5.74) is 1.97. The Morgan fingerprint density at radius 1 is 1.40 bits per heavy atom. The maximum atomic E-state index is 10.9. The van der Waals surface area contributed by atoms with E-state index >= 15 is 0 Å². The molecular formula is C16H16O4. The molecule has 2 N–H and O–H groups in total. The molecule has 0 saturated carbocycles. The highest BCUT2D eigenvalue weighted by Crippen LogP contribution is 2.20. The molecule has 0 spiro atoms. The van der Waals surface area contributed by atoms with Gasteiger partial charge in [0.15, 0.2) is 0 Å². The summed E-state index contributed by atoms with van der Waals surface area (Å²) in [4.78, 5) is 10.9. The van der Waals surface area contributed by atoms with E-state index in [0.717, 1.165) is 11.1 Å². The predicted molar refractivity (Wildman–Crippen MR) is 75.7 cm³/mol. The number of allylic oxidation sites excluding steroid dienone is 1. The first-order chi connectivity index (χ1) is 9.60. The van der Waals surface area contributed by atoms with Gasteiger partial charge >= 0.3 is 5.97 Å². The van der Waals surface area contributed by atoms with Gasteiger partial charge in [-0.2, -0.15) is 0 Å². The number of ether oxygens (including phenoxy) is 1. The van der Waals surface area contributed by atoms with Crippen LogP contribution in [0.5, 0.6) is 0 Å². The third kappa shape index (κ3) is 3.36. The summed E-state index contributed by atoms with van der Waals surface area (Å²) in [7, 11) is 0. The Labute approximate surface area is 117 Å². The maximum Gasteiger partial charge on any atom is 0.334 e. The van der Waals surface area contributed by atoms with Crippen molar-refractivity contribution in [1.82, 2.24) is 0 Å². The molecule has 0 saturated heterocycles. The maximum absolute atomic E-state index is 10.9. The molecule has 1 aliphatic carbocycles. The lowest BCUT2D eigenvalue weighted by atomic mass is 10.0. The van der Waals surface area contributed by atoms with Gasteiger partial charge in [-0.15, -0.1) is 0 Å². The van der Waals surface area contributed by atoms with Crippen LogP contribution >= 0.6 is 0 Å². The molecule has 1 aromatic carbocycles. The first-order valence-corrected chi connectivity index (χ1v) is 6.27. The van der Waals surface area contributed by atoms with E-state index in [0.29, 0.717) is 12.4 Å². The Kier molecular flexibility index (Phi) is 4.38. The highest BCUT2D eigenvalue weighted by atomic mass is 16.5. The van der Waals surface area contributed by atoms with Crippen molar-refractivity contribution >= 4 is 12.0 Å². The third-order valence-electron chi connectivity index (χ3n) is 3.07. The number of carboxylic acid groups (broad SMARTS) is 1. The minimum atomic E-state index is -1.12. The quantitative estimate of drug-likeness (QED) is 0.864. The summed E-state index contributed by atoms with van der Waals surface area (Å²) < 4.78 is 5.56. The minimum absolute atomic E-state index is 0.0375. The van der Waals surface area contributed by atoms with Gasteiger partial charge in [0.2, 0.25) is 0 Å². The minimum Gasteiger partial charge on any atom is -0.489 e. The standard InChI is InChI=1S/C16H16O4/c1-2-11-3-5-12(6-4-11)10-20-13-7-8-15(17)14(9-13)16(18)19/h2-7,9,15,17H,1,8,10H2,(H,18,19). The number of aliphatic hydroxyl groups is 1. The fraction of sp³-hybridized carbons (Fsp3) is 0.188. The Morgan fingerprint density at radius 3 is 2.70 bits per heavy atom. The Hall–Kier alpha value is -2.33. The van der Waals surface area contributed by atoms with Crippen LogP contribution in [0.4, 0.5) is 0 Å². The number of hydrogen-bond donors (Lipinski definition) is 2. The summed E-state index contributed by atoms with van der Waals surface area (Å²) in [6.07, 6.45) is 4.11. The van der Waals surface area contributed by atoms with Gasteiger partial charge in [-0.1, -0.05) is 36.9 Å². The van der Waals surface area contributed by atoms with Crippen LogP contribution in [0, 0.1) is 0 Å². The zero-order chi connectivity index (χ0) is 14.5. The Morgan fingerprint density at radius 2 is 2.10 bits per heavy atom. The SMILES string of the molecule is C=Cc1ccc(COC2=CCC(O)C(C(=O)O)=C2)cc1. The summed E-state index contributed by atoms with van der Waals surface area (Å²) in [6, 6.07) is 7.72. The van der Waals surface area contributed by atoms with Gasteiger partial charge in [0.05, 0.1) is 11.7 Å². The smallest absolute Gasteiger partial charge is 0.334 e. The zero-order valence-corrected chi connectivity index (χ0v) is 11.0. The number of carboxylic acids is 1. The predicted octanol–water partition coefficient (Wildman–Crippen LogP) is 2.51. The largest absolute Gasteiger partial charge is 0.489 e. The van der Waals surface area contributed by atoms with E-state index in [2.05, 4.69) is 6.58 Å². The molecule has 1 atom stereocenters.